The Bertz CT molecular complexity index is 1480. The zero-order valence-corrected chi connectivity index (χ0v) is 26.6. The zero-order chi connectivity index (χ0) is 29.1. The summed E-state index contributed by atoms with van der Waals surface area (Å²) in [5.74, 6) is 1.19. The number of rotatable bonds is 10. The van der Waals surface area contributed by atoms with Gasteiger partial charge in [0.05, 0.1) is 53.4 Å². The van der Waals surface area contributed by atoms with Crippen LogP contribution < -0.4 is 4.90 Å². The summed E-state index contributed by atoms with van der Waals surface area (Å²) in [7, 11) is 2.02. The summed E-state index contributed by atoms with van der Waals surface area (Å²) in [5, 5.41) is 12.7. The van der Waals surface area contributed by atoms with Crippen molar-refractivity contribution in [3.63, 3.8) is 0 Å². The van der Waals surface area contributed by atoms with Gasteiger partial charge in [0.1, 0.15) is 17.3 Å². The minimum Gasteiger partial charge on any atom is -0.391 e. The van der Waals surface area contributed by atoms with Gasteiger partial charge in [-0.05, 0) is 80.6 Å². The monoisotopic (exact) mass is 690 g/mol. The molecule has 1 fully saturated rings. The van der Waals surface area contributed by atoms with Gasteiger partial charge >= 0.3 is 0 Å². The highest BCUT2D eigenvalue weighted by Crippen LogP contribution is 2.35. The SMILES string of the molecule is CCc1nc2ccc(C3CCN(CC(=O)N(I)CC(O)CC)CC3)cn2c1N(C)c1nc(-c2ccc(F)cc2)cs1. The number of anilines is 2. The average Bonchev–Trinajstić information content (AvgIpc) is 3.62. The fourth-order valence-electron chi connectivity index (χ4n) is 5.30. The van der Waals surface area contributed by atoms with E-state index in [2.05, 4.69) is 39.5 Å². The molecule has 0 aliphatic carbocycles. The van der Waals surface area contributed by atoms with Gasteiger partial charge in [-0.15, -0.1) is 11.3 Å². The van der Waals surface area contributed by atoms with E-state index in [0.717, 1.165) is 65.9 Å². The number of fused-ring (bicyclic) bond motifs is 1. The van der Waals surface area contributed by atoms with Crippen molar-refractivity contribution in [1.29, 1.82) is 0 Å². The number of aliphatic hydroxyl groups excluding tert-OH is 1. The minimum atomic E-state index is -0.482. The average molecular weight is 691 g/mol. The molecule has 218 valence electrons. The van der Waals surface area contributed by atoms with E-state index < -0.39 is 6.10 Å². The van der Waals surface area contributed by atoms with Gasteiger partial charge < -0.3 is 10.0 Å². The number of benzene rings is 1. The molecule has 4 heterocycles. The molecule has 0 saturated carbocycles. The Morgan fingerprint density at radius 3 is 2.59 bits per heavy atom. The smallest absolute Gasteiger partial charge is 0.245 e. The quantitative estimate of drug-likeness (QED) is 0.161. The van der Waals surface area contributed by atoms with Gasteiger partial charge in [-0.3, -0.25) is 17.2 Å². The number of aliphatic hydroxyl groups is 1. The number of thiazole rings is 1. The maximum absolute atomic E-state index is 13.4. The van der Waals surface area contributed by atoms with Crippen molar-refractivity contribution in [3.05, 3.63) is 65.0 Å². The summed E-state index contributed by atoms with van der Waals surface area (Å²) in [6, 6.07) is 10.7. The van der Waals surface area contributed by atoms with E-state index >= 15 is 0 Å². The lowest BCUT2D eigenvalue weighted by molar-refractivity contribution is -0.127. The zero-order valence-electron chi connectivity index (χ0n) is 23.6. The molecule has 1 amide bonds. The molecule has 1 aromatic carbocycles. The number of hydrogen-bond donors (Lipinski definition) is 1. The molecule has 1 N–H and O–H groups in total. The number of hydrogen-bond acceptors (Lipinski definition) is 7. The van der Waals surface area contributed by atoms with Crippen LogP contribution >= 0.6 is 34.2 Å². The van der Waals surface area contributed by atoms with Crippen molar-refractivity contribution in [1.82, 2.24) is 22.4 Å². The molecule has 1 aliphatic rings. The van der Waals surface area contributed by atoms with E-state index in [0.29, 0.717) is 25.4 Å². The molecular weight excluding hydrogens is 654 g/mol. The number of piperidine rings is 1. The number of nitrogens with zero attached hydrogens (tertiary/aromatic N) is 6. The van der Waals surface area contributed by atoms with E-state index in [-0.39, 0.29) is 11.7 Å². The van der Waals surface area contributed by atoms with E-state index in [9.17, 15) is 14.3 Å². The largest absolute Gasteiger partial charge is 0.391 e. The third-order valence-electron chi connectivity index (χ3n) is 7.79. The van der Waals surface area contributed by atoms with Crippen molar-refractivity contribution in [2.75, 3.05) is 38.1 Å². The Labute approximate surface area is 258 Å². The lowest BCUT2D eigenvalue weighted by Crippen LogP contribution is -2.41. The normalized spacial score (nSPS) is 15.4. The fraction of sp³-hybridized carbons (Fsp3) is 0.433. The van der Waals surface area contributed by atoms with Crippen LogP contribution in [0.15, 0.2) is 48.0 Å². The van der Waals surface area contributed by atoms with Crippen LogP contribution in [0.25, 0.3) is 16.9 Å². The molecule has 8 nitrogen and oxygen atoms in total. The van der Waals surface area contributed by atoms with Crippen LogP contribution in [0.2, 0.25) is 0 Å². The molecule has 5 rings (SSSR count). The summed E-state index contributed by atoms with van der Waals surface area (Å²) in [6.45, 7) is 6.50. The summed E-state index contributed by atoms with van der Waals surface area (Å²) >= 11 is 3.57. The van der Waals surface area contributed by atoms with Gasteiger partial charge in [0.15, 0.2) is 5.13 Å². The maximum atomic E-state index is 13.4. The van der Waals surface area contributed by atoms with Gasteiger partial charge in [-0.2, -0.15) is 0 Å². The molecule has 41 heavy (non-hydrogen) atoms. The molecule has 0 spiro atoms. The summed E-state index contributed by atoms with van der Waals surface area (Å²) in [6.07, 6.45) is 5.12. The van der Waals surface area contributed by atoms with Crippen LogP contribution in [-0.2, 0) is 11.2 Å². The van der Waals surface area contributed by atoms with E-state index in [1.807, 2.05) is 42.2 Å². The van der Waals surface area contributed by atoms with E-state index in [4.69, 9.17) is 9.97 Å². The molecule has 1 atom stereocenters. The van der Waals surface area contributed by atoms with Crippen LogP contribution in [0, 0.1) is 5.82 Å². The van der Waals surface area contributed by atoms with Crippen LogP contribution in [0.4, 0.5) is 15.3 Å². The number of halogens is 2. The van der Waals surface area contributed by atoms with Gasteiger partial charge in [0, 0.05) is 24.2 Å². The van der Waals surface area contributed by atoms with Crippen LogP contribution in [0.5, 0.6) is 0 Å². The fourth-order valence-corrected chi connectivity index (χ4v) is 6.71. The first kappa shape index (κ1) is 29.9. The number of pyridine rings is 1. The van der Waals surface area contributed by atoms with Crippen LogP contribution in [0.3, 0.4) is 0 Å². The predicted molar refractivity (Wildman–Crippen MR) is 171 cm³/mol. The van der Waals surface area contributed by atoms with Crippen molar-refractivity contribution >= 4 is 56.7 Å². The van der Waals surface area contributed by atoms with Gasteiger partial charge in [-0.1, -0.05) is 19.9 Å². The highest BCUT2D eigenvalue weighted by atomic mass is 127. The van der Waals surface area contributed by atoms with Gasteiger partial charge in [0.2, 0.25) is 5.91 Å². The lowest BCUT2D eigenvalue weighted by atomic mass is 9.90. The van der Waals surface area contributed by atoms with Crippen LogP contribution in [0.1, 0.15) is 50.3 Å². The number of carbonyl (C=O) groups excluding carboxylic acids is 1. The molecule has 11 heteroatoms. The van der Waals surface area contributed by atoms with Crippen molar-refractivity contribution < 1.29 is 14.3 Å². The first-order valence-corrected chi connectivity index (χ1v) is 15.9. The Balaban J connectivity index is 1.31. The van der Waals surface area contributed by atoms with Crippen molar-refractivity contribution in [2.45, 2.75) is 51.6 Å². The van der Waals surface area contributed by atoms with Crippen LogP contribution in [-0.4, -0.2) is 72.7 Å². The third kappa shape index (κ3) is 6.73. The number of carbonyl (C=O) groups is 1. The third-order valence-corrected chi connectivity index (χ3v) is 9.64. The van der Waals surface area contributed by atoms with Crippen molar-refractivity contribution in [3.8, 4) is 11.3 Å². The standard InChI is InChI=1S/C30H36FIN6O2S/c1-4-24(39)17-38(32)28(40)18-36-14-12-20(13-15-36)22-8-11-27-33-25(5-2)29(37(27)16-22)35(3)30-34-26(19-41-30)21-6-9-23(31)10-7-21/h6-11,16,19-20,24,39H,4-5,12-15,17-18H2,1-3H3. The Morgan fingerprint density at radius 2 is 1.90 bits per heavy atom. The predicted octanol–water partition coefficient (Wildman–Crippen LogP) is 6.06. The number of aromatic nitrogens is 3. The molecular formula is C30H36FIN6O2S. The second-order valence-electron chi connectivity index (χ2n) is 10.6. The molecule has 3 aromatic heterocycles. The van der Waals surface area contributed by atoms with Crippen molar-refractivity contribution in [2.24, 2.45) is 0 Å². The first-order chi connectivity index (χ1) is 19.8. The minimum absolute atomic E-state index is 0.0425. The number of amides is 1. The second-order valence-corrected chi connectivity index (χ2v) is 12.6. The number of imidazole rings is 1. The molecule has 1 aliphatic heterocycles. The molecule has 1 saturated heterocycles. The van der Waals surface area contributed by atoms with Gasteiger partial charge in [-0.25, -0.2) is 14.4 Å². The second kappa shape index (κ2) is 13.1. The van der Waals surface area contributed by atoms with E-state index in [1.165, 1.54) is 17.7 Å². The Hall–Kier alpha value is -2.61. The number of aryl methyl sites for hydroxylation is 1. The lowest BCUT2D eigenvalue weighted by Gasteiger charge is -2.32. The Kier molecular flexibility index (Phi) is 9.57. The molecule has 0 radical (unpaired) electrons. The Morgan fingerprint density at radius 1 is 1.17 bits per heavy atom. The summed E-state index contributed by atoms with van der Waals surface area (Å²) in [4.78, 5) is 26.7. The van der Waals surface area contributed by atoms with Gasteiger partial charge in [0.25, 0.3) is 0 Å². The molecule has 4 aromatic rings. The number of likely N-dealkylation sites (tertiary alicyclic amines) is 1. The van der Waals surface area contributed by atoms with E-state index in [1.54, 1.807) is 26.6 Å². The summed E-state index contributed by atoms with van der Waals surface area (Å²) in [5.41, 5.74) is 4.89. The maximum Gasteiger partial charge on any atom is 0.245 e. The highest BCUT2D eigenvalue weighted by molar-refractivity contribution is 14.1. The first-order valence-electron chi connectivity index (χ1n) is 14.1. The topological polar surface area (TPSA) is 77.2 Å². The highest BCUT2D eigenvalue weighted by Gasteiger charge is 2.26. The molecule has 1 unspecified atom stereocenters. The molecule has 0 bridgehead atoms. The summed E-state index contributed by atoms with van der Waals surface area (Å²) < 4.78 is 17.2.